The summed E-state index contributed by atoms with van der Waals surface area (Å²) in [6.07, 6.45) is 2.34. The van der Waals surface area contributed by atoms with Crippen LogP contribution in [0.1, 0.15) is 16.7 Å². The molecule has 0 radical (unpaired) electrons. The lowest BCUT2D eigenvalue weighted by Crippen LogP contribution is -2.11. The van der Waals surface area contributed by atoms with Crippen LogP contribution in [-0.4, -0.2) is 4.57 Å². The fourth-order valence-corrected chi connectivity index (χ4v) is 3.07. The third-order valence-corrected chi connectivity index (χ3v) is 4.44. The molecule has 1 aliphatic heterocycles. The summed E-state index contributed by atoms with van der Waals surface area (Å²) < 4.78 is 47.7. The van der Waals surface area contributed by atoms with Crippen LogP contribution < -0.4 is 5.32 Å². The van der Waals surface area contributed by atoms with E-state index in [1.165, 1.54) is 18.5 Å². The molecule has 2 heterocycles. The van der Waals surface area contributed by atoms with Crippen LogP contribution in [0, 0.1) is 15.4 Å². The molecule has 3 nitrogen and oxygen atoms in total. The Bertz CT molecular complexity index is 1150. The molecule has 0 bridgehead atoms. The van der Waals surface area contributed by atoms with Crippen molar-refractivity contribution in [2.75, 3.05) is 5.32 Å². The maximum absolute atomic E-state index is 13.1. The summed E-state index contributed by atoms with van der Waals surface area (Å²) in [5.74, 6) is 0.644. The van der Waals surface area contributed by atoms with Crippen molar-refractivity contribution in [1.29, 1.82) is 5.26 Å². The minimum Gasteiger partial charge on any atom is -0.367 e. The van der Waals surface area contributed by atoms with Gasteiger partial charge in [-0.05, 0) is 42.5 Å². The second kappa shape index (κ2) is 6.89. The van der Waals surface area contributed by atoms with Crippen molar-refractivity contribution in [2.45, 2.75) is 12.8 Å². The number of anilines is 1. The zero-order valence-electron chi connectivity index (χ0n) is 14.5. The lowest BCUT2D eigenvalue weighted by atomic mass is 10.1. The number of alkyl halides is 3. The number of hydrogen-bond acceptors (Lipinski definition) is 2. The number of rotatable bonds is 4. The van der Waals surface area contributed by atoms with Crippen molar-refractivity contribution in [1.82, 2.24) is 4.57 Å². The number of aromatic nitrogens is 1. The largest absolute Gasteiger partial charge is 0.417 e. The van der Waals surface area contributed by atoms with Gasteiger partial charge in [0.15, 0.2) is 0 Å². The van der Waals surface area contributed by atoms with Crippen molar-refractivity contribution in [3.05, 3.63) is 83.8 Å². The van der Waals surface area contributed by atoms with E-state index in [1.54, 1.807) is 12.1 Å². The SMILES string of the molecule is N#Cc1ccc(NCn2ccc3cc(C4=CC=C[F+]4)ccc32)cc1C(F)(F)F. The molecule has 0 atom stereocenters. The summed E-state index contributed by atoms with van der Waals surface area (Å²) in [6.45, 7) is 0.277. The smallest absolute Gasteiger partial charge is 0.367 e. The molecule has 1 aliphatic rings. The first-order valence-corrected chi connectivity index (χ1v) is 8.40. The van der Waals surface area contributed by atoms with Crippen LogP contribution in [0.4, 0.5) is 18.9 Å². The molecule has 0 amide bonds. The van der Waals surface area contributed by atoms with Gasteiger partial charge in [-0.25, -0.2) is 0 Å². The molecule has 7 heteroatoms. The quantitative estimate of drug-likeness (QED) is 0.599. The van der Waals surface area contributed by atoms with Gasteiger partial charge in [-0.1, -0.05) is 0 Å². The predicted molar refractivity (Wildman–Crippen MR) is 98.8 cm³/mol. The number of halogens is 4. The Balaban J connectivity index is 1.55. The third-order valence-electron chi connectivity index (χ3n) is 4.44. The molecular weight excluding hydrogens is 370 g/mol. The van der Waals surface area contributed by atoms with Gasteiger partial charge in [-0.2, -0.15) is 18.4 Å². The van der Waals surface area contributed by atoms with Gasteiger partial charge >= 0.3 is 12.0 Å². The van der Waals surface area contributed by atoms with Crippen LogP contribution >= 0.6 is 0 Å². The minimum absolute atomic E-state index is 0.277. The Hall–Kier alpha value is -3.53. The van der Waals surface area contributed by atoms with Gasteiger partial charge in [0.05, 0.1) is 29.4 Å². The standard InChI is InChI=1S/C21H14F4N3/c22-21(23,24)18-11-17(5-3-16(18)12-26)27-13-28-9-7-15-10-14(4-6-20(15)28)19-2-1-8-25-19/h1-11,27H,13H2/q+1. The Morgan fingerprint density at radius 2 is 1.96 bits per heavy atom. The molecule has 0 aliphatic carbocycles. The third kappa shape index (κ3) is 3.37. The summed E-state index contributed by atoms with van der Waals surface area (Å²) in [7, 11) is 0. The van der Waals surface area contributed by atoms with Crippen molar-refractivity contribution in [3.63, 3.8) is 0 Å². The van der Waals surface area contributed by atoms with Gasteiger partial charge < -0.3 is 9.88 Å². The van der Waals surface area contributed by atoms with E-state index in [2.05, 4.69) is 5.32 Å². The summed E-state index contributed by atoms with van der Waals surface area (Å²) in [4.78, 5) is 0. The van der Waals surface area contributed by atoms with Crippen molar-refractivity contribution in [3.8, 4) is 6.07 Å². The Morgan fingerprint density at radius 3 is 2.68 bits per heavy atom. The number of allylic oxidation sites excluding steroid dienone is 2. The Morgan fingerprint density at radius 1 is 1.11 bits per heavy atom. The average Bonchev–Trinajstić information content (AvgIpc) is 3.35. The maximum Gasteiger partial charge on any atom is 0.417 e. The Kier molecular flexibility index (Phi) is 4.40. The first-order valence-electron chi connectivity index (χ1n) is 8.40. The molecule has 140 valence electrons. The maximum atomic E-state index is 13.1. The second-order valence-electron chi connectivity index (χ2n) is 6.21. The fraction of sp³-hybridized carbons (Fsp3) is 0.0952. The molecule has 2 aromatic carbocycles. The number of benzene rings is 2. The van der Waals surface area contributed by atoms with E-state index in [9.17, 15) is 13.2 Å². The molecule has 0 unspecified atom stereocenters. The van der Waals surface area contributed by atoms with E-state index in [0.717, 1.165) is 22.5 Å². The summed E-state index contributed by atoms with van der Waals surface area (Å²) in [5, 5.41) is 12.8. The second-order valence-corrected chi connectivity index (χ2v) is 6.21. The van der Waals surface area contributed by atoms with E-state index in [-0.39, 0.29) is 12.4 Å². The molecule has 1 N–H and O–H groups in total. The van der Waals surface area contributed by atoms with Crippen molar-refractivity contribution < 1.29 is 17.2 Å². The first kappa shape index (κ1) is 17.9. The average molecular weight is 384 g/mol. The van der Waals surface area contributed by atoms with E-state index in [1.807, 2.05) is 41.1 Å². The number of nitrogens with zero attached hydrogens (tertiary/aromatic N) is 2. The molecular formula is C21H14F4N3+. The van der Waals surface area contributed by atoms with Gasteiger partial charge in [0.2, 0.25) is 0 Å². The molecule has 3 aromatic rings. The van der Waals surface area contributed by atoms with E-state index in [4.69, 9.17) is 9.34 Å². The summed E-state index contributed by atoms with van der Waals surface area (Å²) >= 11 is 0. The van der Waals surface area contributed by atoms with Gasteiger partial charge in [0.1, 0.15) is 0 Å². The highest BCUT2D eigenvalue weighted by Gasteiger charge is 2.33. The van der Waals surface area contributed by atoms with E-state index < -0.39 is 17.3 Å². The molecule has 0 fully saturated rings. The van der Waals surface area contributed by atoms with Gasteiger partial charge in [0, 0.05) is 34.9 Å². The zero-order valence-corrected chi connectivity index (χ0v) is 14.5. The van der Waals surface area contributed by atoms with Gasteiger partial charge in [0.25, 0.3) is 6.33 Å². The normalized spacial score (nSPS) is 13.6. The topological polar surface area (TPSA) is 40.8 Å². The van der Waals surface area contributed by atoms with E-state index >= 15 is 0 Å². The van der Waals surface area contributed by atoms with Crippen molar-refractivity contribution >= 4 is 22.4 Å². The lowest BCUT2D eigenvalue weighted by Gasteiger charge is -2.13. The molecule has 0 saturated heterocycles. The number of fused-ring (bicyclic) bond motifs is 1. The molecule has 1 aromatic heterocycles. The predicted octanol–water partition coefficient (Wildman–Crippen LogP) is 5.55. The van der Waals surface area contributed by atoms with Crippen LogP contribution in [0.2, 0.25) is 0 Å². The van der Waals surface area contributed by atoms with Crippen LogP contribution in [0.15, 0.2) is 67.1 Å². The highest BCUT2D eigenvalue weighted by atomic mass is 19.4. The van der Waals surface area contributed by atoms with Crippen molar-refractivity contribution in [2.24, 2.45) is 0 Å². The number of nitriles is 1. The summed E-state index contributed by atoms with van der Waals surface area (Å²) in [6, 6.07) is 12.9. The monoisotopic (exact) mass is 384 g/mol. The van der Waals surface area contributed by atoms with Crippen LogP contribution in [0.5, 0.6) is 0 Å². The van der Waals surface area contributed by atoms with Gasteiger partial charge in [-0.15, -0.1) is 4.08 Å². The highest BCUT2D eigenvalue weighted by molar-refractivity contribution is 5.84. The summed E-state index contributed by atoms with van der Waals surface area (Å²) in [5.41, 5.74) is 0.760. The van der Waals surface area contributed by atoms with E-state index in [0.29, 0.717) is 5.83 Å². The first-order chi connectivity index (χ1) is 13.5. The minimum atomic E-state index is -4.58. The Labute approximate surface area is 158 Å². The van der Waals surface area contributed by atoms with Crippen LogP contribution in [-0.2, 0) is 12.8 Å². The lowest BCUT2D eigenvalue weighted by molar-refractivity contribution is -0.483. The molecule has 28 heavy (non-hydrogen) atoms. The zero-order chi connectivity index (χ0) is 19.7. The number of hydrogen-bond donors (Lipinski definition) is 1. The molecule has 4 rings (SSSR count). The molecule has 0 spiro atoms. The van der Waals surface area contributed by atoms with Gasteiger partial charge in [-0.3, -0.25) is 0 Å². The fourth-order valence-electron chi connectivity index (χ4n) is 3.07. The van der Waals surface area contributed by atoms with Crippen LogP contribution in [0.25, 0.3) is 16.7 Å². The number of nitrogens with one attached hydrogen (secondary N) is 1. The highest BCUT2D eigenvalue weighted by Crippen LogP contribution is 2.33. The molecule has 0 saturated carbocycles. The van der Waals surface area contributed by atoms with Crippen LogP contribution in [0.3, 0.4) is 0 Å².